The van der Waals surface area contributed by atoms with Crippen LogP contribution in [0.1, 0.15) is 30.0 Å². The van der Waals surface area contributed by atoms with Gasteiger partial charge < -0.3 is 10.4 Å². The van der Waals surface area contributed by atoms with E-state index >= 15 is 0 Å². The van der Waals surface area contributed by atoms with E-state index < -0.39 is 10.0 Å². The predicted molar refractivity (Wildman–Crippen MR) is 105 cm³/mol. The Bertz CT molecular complexity index is 1180. The summed E-state index contributed by atoms with van der Waals surface area (Å²) in [6.45, 7) is -0.294. The molecule has 0 saturated heterocycles. The summed E-state index contributed by atoms with van der Waals surface area (Å²) < 4.78 is 23.0. The fourth-order valence-corrected chi connectivity index (χ4v) is 4.21. The van der Waals surface area contributed by atoms with E-state index in [1.807, 2.05) is 6.07 Å². The summed E-state index contributed by atoms with van der Waals surface area (Å²) in [7, 11) is -3.79. The van der Waals surface area contributed by atoms with Crippen molar-refractivity contribution in [1.82, 2.24) is 20.2 Å². The summed E-state index contributed by atoms with van der Waals surface area (Å²) in [5, 5.41) is 24.5. The van der Waals surface area contributed by atoms with Gasteiger partial charge in [0.15, 0.2) is 17.5 Å². The van der Waals surface area contributed by atoms with Gasteiger partial charge in [0.05, 0.1) is 10.4 Å². The molecular weight excluding hydrogens is 400 g/mol. The average molecular weight is 416 g/mol. The van der Waals surface area contributed by atoms with Crippen LogP contribution in [-0.4, -0.2) is 40.3 Å². The number of nitrogens with one attached hydrogen (secondary N) is 2. The molecule has 0 bridgehead atoms. The third-order valence-electron chi connectivity index (χ3n) is 4.03. The summed E-state index contributed by atoms with van der Waals surface area (Å²) >= 11 is 0.984. The van der Waals surface area contributed by atoms with E-state index in [0.717, 1.165) is 29.9 Å². The zero-order valence-electron chi connectivity index (χ0n) is 14.5. The first kappa shape index (κ1) is 18.6. The number of thiophene rings is 1. The highest BCUT2D eigenvalue weighted by Gasteiger charge is 2.25. The number of hydrogen-bond acceptors (Lipinski definition) is 8. The average Bonchev–Trinajstić information content (AvgIpc) is 3.18. The van der Waals surface area contributed by atoms with Crippen LogP contribution >= 0.6 is 11.3 Å². The summed E-state index contributed by atoms with van der Waals surface area (Å²) in [6, 6.07) is 4.94. The van der Waals surface area contributed by atoms with Crippen molar-refractivity contribution < 1.29 is 13.5 Å². The van der Waals surface area contributed by atoms with Gasteiger partial charge in [-0.3, -0.25) is 5.10 Å². The molecule has 0 atom stereocenters. The molecular formula is C17H16N6O3S2. The number of aliphatic hydroxyl groups is 1. The first-order valence-corrected chi connectivity index (χ1v) is 10.7. The number of H-pyrrole nitrogens is 1. The van der Waals surface area contributed by atoms with E-state index in [2.05, 4.69) is 37.3 Å². The SMILES string of the molecule is NS(=O)(=O)c1ccc(-c2ncc(C#CCO)c(Nc3cc(C4CC4)[nH]n3)n2)s1. The second-order valence-electron chi connectivity index (χ2n) is 6.19. The van der Waals surface area contributed by atoms with Gasteiger partial charge in [-0.25, -0.2) is 23.5 Å². The largest absolute Gasteiger partial charge is 0.384 e. The highest BCUT2D eigenvalue weighted by molar-refractivity contribution is 7.91. The molecule has 4 rings (SSSR count). The quantitative estimate of drug-likeness (QED) is 0.461. The molecule has 0 radical (unpaired) electrons. The Morgan fingerprint density at radius 2 is 2.21 bits per heavy atom. The summed E-state index contributed by atoms with van der Waals surface area (Å²) in [4.78, 5) is 9.28. The Kier molecular flexibility index (Phi) is 4.86. The lowest BCUT2D eigenvalue weighted by Gasteiger charge is -2.06. The molecule has 1 saturated carbocycles. The molecule has 3 aromatic rings. The molecule has 1 aliphatic rings. The van der Waals surface area contributed by atoms with Crippen LogP contribution < -0.4 is 10.5 Å². The lowest BCUT2D eigenvalue weighted by Crippen LogP contribution is -2.09. The molecule has 3 aromatic heterocycles. The number of hydrogen-bond donors (Lipinski definition) is 4. The van der Waals surface area contributed by atoms with Crippen LogP contribution in [0.25, 0.3) is 10.7 Å². The molecule has 1 fully saturated rings. The Hall–Kier alpha value is -2.78. The van der Waals surface area contributed by atoms with Crippen LogP contribution in [0.2, 0.25) is 0 Å². The van der Waals surface area contributed by atoms with Gasteiger partial charge in [0, 0.05) is 23.9 Å². The van der Waals surface area contributed by atoms with Crippen molar-refractivity contribution in [3.8, 4) is 22.5 Å². The second kappa shape index (κ2) is 7.33. The maximum absolute atomic E-state index is 11.5. The van der Waals surface area contributed by atoms with Crippen LogP contribution in [0.3, 0.4) is 0 Å². The van der Waals surface area contributed by atoms with Crippen molar-refractivity contribution >= 4 is 33.0 Å². The maximum Gasteiger partial charge on any atom is 0.247 e. The van der Waals surface area contributed by atoms with Gasteiger partial charge in [-0.1, -0.05) is 11.8 Å². The topological polar surface area (TPSA) is 147 Å². The Labute approximate surface area is 165 Å². The molecule has 0 amide bonds. The number of aromatic amines is 1. The smallest absolute Gasteiger partial charge is 0.247 e. The van der Waals surface area contributed by atoms with Gasteiger partial charge in [0.1, 0.15) is 10.8 Å². The zero-order valence-corrected chi connectivity index (χ0v) is 16.1. The Morgan fingerprint density at radius 1 is 1.39 bits per heavy atom. The number of nitrogens with two attached hydrogens (primary N) is 1. The van der Waals surface area contributed by atoms with Crippen molar-refractivity contribution in [1.29, 1.82) is 0 Å². The van der Waals surface area contributed by atoms with E-state index in [1.165, 1.54) is 12.3 Å². The van der Waals surface area contributed by atoms with E-state index in [-0.39, 0.29) is 10.8 Å². The number of sulfonamides is 1. The normalized spacial score (nSPS) is 13.8. The Morgan fingerprint density at radius 3 is 2.89 bits per heavy atom. The molecule has 28 heavy (non-hydrogen) atoms. The second-order valence-corrected chi connectivity index (χ2v) is 9.06. The van der Waals surface area contributed by atoms with Crippen molar-refractivity contribution in [2.75, 3.05) is 11.9 Å². The number of anilines is 2. The minimum absolute atomic E-state index is 0.0335. The van der Waals surface area contributed by atoms with Crippen LogP contribution in [0.15, 0.2) is 28.6 Å². The van der Waals surface area contributed by atoms with Gasteiger partial charge in [-0.2, -0.15) is 5.10 Å². The highest BCUT2D eigenvalue weighted by Crippen LogP contribution is 2.39. The number of aliphatic hydroxyl groups excluding tert-OH is 1. The molecule has 0 aromatic carbocycles. The van der Waals surface area contributed by atoms with Crippen molar-refractivity contribution in [3.63, 3.8) is 0 Å². The maximum atomic E-state index is 11.5. The third-order valence-corrected chi connectivity index (χ3v) is 6.55. The number of nitrogens with zero attached hydrogens (tertiary/aromatic N) is 3. The molecule has 0 unspecified atom stereocenters. The molecule has 0 spiro atoms. The first-order valence-electron chi connectivity index (χ1n) is 8.36. The lowest BCUT2D eigenvalue weighted by molar-refractivity contribution is 0.350. The van der Waals surface area contributed by atoms with Gasteiger partial charge in [-0.05, 0) is 25.0 Å². The molecule has 1 aliphatic carbocycles. The summed E-state index contributed by atoms with van der Waals surface area (Å²) in [5.41, 5.74) is 1.55. The van der Waals surface area contributed by atoms with E-state index in [4.69, 9.17) is 10.2 Å². The highest BCUT2D eigenvalue weighted by atomic mass is 32.2. The van der Waals surface area contributed by atoms with Gasteiger partial charge in [-0.15, -0.1) is 11.3 Å². The number of rotatable bonds is 5. The molecule has 3 heterocycles. The van der Waals surface area contributed by atoms with Gasteiger partial charge >= 0.3 is 0 Å². The third kappa shape index (κ3) is 4.05. The van der Waals surface area contributed by atoms with E-state index in [0.29, 0.717) is 33.8 Å². The molecule has 11 heteroatoms. The molecule has 0 aliphatic heterocycles. The number of aromatic nitrogens is 4. The van der Waals surface area contributed by atoms with Crippen LogP contribution in [0.5, 0.6) is 0 Å². The minimum atomic E-state index is -3.79. The van der Waals surface area contributed by atoms with Crippen LogP contribution in [0, 0.1) is 11.8 Å². The predicted octanol–water partition coefficient (Wildman–Crippen LogP) is 1.54. The van der Waals surface area contributed by atoms with Crippen LogP contribution in [0.4, 0.5) is 11.6 Å². The fraction of sp³-hybridized carbons (Fsp3) is 0.235. The summed E-state index contributed by atoms with van der Waals surface area (Å²) in [6.07, 6.45) is 3.81. The molecule has 144 valence electrons. The van der Waals surface area contributed by atoms with Gasteiger partial charge in [0.25, 0.3) is 0 Å². The van der Waals surface area contributed by atoms with Crippen molar-refractivity contribution in [2.45, 2.75) is 23.0 Å². The molecule has 9 nitrogen and oxygen atoms in total. The Balaban J connectivity index is 1.69. The molecule has 5 N–H and O–H groups in total. The zero-order chi connectivity index (χ0) is 19.7. The monoisotopic (exact) mass is 416 g/mol. The fourth-order valence-electron chi connectivity index (χ4n) is 2.54. The van der Waals surface area contributed by atoms with Crippen molar-refractivity contribution in [3.05, 3.63) is 35.7 Å². The lowest BCUT2D eigenvalue weighted by atomic mass is 10.2. The first-order chi connectivity index (χ1) is 13.4. The van der Waals surface area contributed by atoms with E-state index in [9.17, 15) is 8.42 Å². The van der Waals surface area contributed by atoms with Gasteiger partial charge in [0.2, 0.25) is 10.0 Å². The van der Waals surface area contributed by atoms with Crippen LogP contribution in [-0.2, 0) is 10.0 Å². The van der Waals surface area contributed by atoms with E-state index in [1.54, 1.807) is 6.07 Å². The van der Waals surface area contributed by atoms with Crippen molar-refractivity contribution in [2.24, 2.45) is 5.14 Å². The minimum Gasteiger partial charge on any atom is -0.384 e. The number of primary sulfonamides is 1. The summed E-state index contributed by atoms with van der Waals surface area (Å²) in [5.74, 6) is 7.22. The standard InChI is InChI=1S/C17H16N6O3S2/c18-28(25,26)15-6-5-13(27-15)17-19-9-11(2-1-7-24)16(21-17)20-14-8-12(22-23-14)10-3-4-10/h5-6,8-10,24H,3-4,7H2,(H2,18,25,26)(H2,19,20,21,22,23).